The Morgan fingerprint density at radius 2 is 1.80 bits per heavy atom. The Bertz CT molecular complexity index is 434. The first-order valence-electron chi connectivity index (χ1n) is 6.80. The van der Waals surface area contributed by atoms with Crippen molar-refractivity contribution in [2.75, 3.05) is 0 Å². The molecule has 0 aromatic heterocycles. The van der Waals surface area contributed by atoms with Gasteiger partial charge in [0, 0.05) is 6.04 Å². The van der Waals surface area contributed by atoms with E-state index in [9.17, 15) is 9.59 Å². The molecule has 2 N–H and O–H groups in total. The molecule has 5 nitrogen and oxygen atoms in total. The maximum absolute atomic E-state index is 11.7. The molecular weight excluding hydrogens is 256 g/mol. The Balaban J connectivity index is 2.32. The first-order valence-corrected chi connectivity index (χ1v) is 6.80. The third-order valence-corrected chi connectivity index (χ3v) is 2.94. The number of alkyl carbamates (subject to hydrolysis) is 1. The van der Waals surface area contributed by atoms with Crippen LogP contribution in [0, 0.1) is 0 Å². The Labute approximate surface area is 119 Å². The van der Waals surface area contributed by atoms with Gasteiger partial charge >= 0.3 is 6.09 Å². The standard InChI is InChI=1S/C15H22N2O3/c1-4-11(2)16-14(18)12(3)17-15(19)20-10-13-8-6-5-7-9-13/h5-9,11-12H,4,10H2,1-3H3,(H,16,18)(H,17,19). The Morgan fingerprint density at radius 1 is 1.15 bits per heavy atom. The van der Waals surface area contributed by atoms with Gasteiger partial charge in [0.05, 0.1) is 0 Å². The summed E-state index contributed by atoms with van der Waals surface area (Å²) < 4.78 is 5.05. The molecule has 0 aliphatic carbocycles. The van der Waals surface area contributed by atoms with Gasteiger partial charge in [-0.2, -0.15) is 0 Å². The molecule has 0 spiro atoms. The van der Waals surface area contributed by atoms with E-state index in [4.69, 9.17) is 4.74 Å². The summed E-state index contributed by atoms with van der Waals surface area (Å²) in [7, 11) is 0. The summed E-state index contributed by atoms with van der Waals surface area (Å²) in [5, 5.41) is 5.31. The van der Waals surface area contributed by atoms with E-state index in [1.54, 1.807) is 6.92 Å². The number of carbonyl (C=O) groups is 2. The molecule has 2 atom stereocenters. The van der Waals surface area contributed by atoms with Crippen LogP contribution in [0.2, 0.25) is 0 Å². The summed E-state index contributed by atoms with van der Waals surface area (Å²) in [5.74, 6) is -0.212. The zero-order valence-electron chi connectivity index (χ0n) is 12.2. The van der Waals surface area contributed by atoms with E-state index in [-0.39, 0.29) is 18.6 Å². The van der Waals surface area contributed by atoms with Gasteiger partial charge in [-0.3, -0.25) is 4.79 Å². The fourth-order valence-corrected chi connectivity index (χ4v) is 1.48. The van der Waals surface area contributed by atoms with E-state index in [1.807, 2.05) is 44.2 Å². The molecule has 1 rings (SSSR count). The third-order valence-electron chi connectivity index (χ3n) is 2.94. The van der Waals surface area contributed by atoms with Crippen LogP contribution in [-0.4, -0.2) is 24.1 Å². The highest BCUT2D eigenvalue weighted by Gasteiger charge is 2.17. The van der Waals surface area contributed by atoms with Crippen LogP contribution >= 0.6 is 0 Å². The van der Waals surface area contributed by atoms with Crippen LogP contribution in [0.5, 0.6) is 0 Å². The number of nitrogens with one attached hydrogen (secondary N) is 2. The highest BCUT2D eigenvalue weighted by molar-refractivity contribution is 5.85. The summed E-state index contributed by atoms with van der Waals surface area (Å²) >= 11 is 0. The molecule has 0 saturated heterocycles. The molecule has 0 heterocycles. The number of rotatable bonds is 6. The van der Waals surface area contributed by atoms with Gasteiger partial charge < -0.3 is 15.4 Å². The molecule has 2 unspecified atom stereocenters. The zero-order chi connectivity index (χ0) is 15.0. The van der Waals surface area contributed by atoms with Crippen molar-refractivity contribution >= 4 is 12.0 Å². The molecule has 0 saturated carbocycles. The fourth-order valence-electron chi connectivity index (χ4n) is 1.48. The highest BCUT2D eigenvalue weighted by atomic mass is 16.5. The van der Waals surface area contributed by atoms with Crippen molar-refractivity contribution in [1.29, 1.82) is 0 Å². The maximum atomic E-state index is 11.7. The lowest BCUT2D eigenvalue weighted by atomic mass is 10.2. The Morgan fingerprint density at radius 3 is 2.40 bits per heavy atom. The number of ether oxygens (including phenoxy) is 1. The van der Waals surface area contributed by atoms with Crippen molar-refractivity contribution in [2.24, 2.45) is 0 Å². The summed E-state index contributed by atoms with van der Waals surface area (Å²) in [5.41, 5.74) is 0.902. The molecule has 5 heteroatoms. The fraction of sp³-hybridized carbons (Fsp3) is 0.467. The minimum Gasteiger partial charge on any atom is -0.445 e. The van der Waals surface area contributed by atoms with Gasteiger partial charge in [0.1, 0.15) is 12.6 Å². The van der Waals surface area contributed by atoms with Crippen LogP contribution in [0.3, 0.4) is 0 Å². The van der Waals surface area contributed by atoms with E-state index in [0.717, 1.165) is 12.0 Å². The van der Waals surface area contributed by atoms with Crippen molar-refractivity contribution in [3.05, 3.63) is 35.9 Å². The molecule has 1 aromatic carbocycles. The second-order valence-electron chi connectivity index (χ2n) is 4.75. The van der Waals surface area contributed by atoms with E-state index in [0.29, 0.717) is 0 Å². The predicted octanol–water partition coefficient (Wildman–Crippen LogP) is 2.22. The van der Waals surface area contributed by atoms with Crippen LogP contribution in [0.1, 0.15) is 32.8 Å². The molecular formula is C15H22N2O3. The second-order valence-corrected chi connectivity index (χ2v) is 4.75. The van der Waals surface area contributed by atoms with Crippen LogP contribution in [0.15, 0.2) is 30.3 Å². The van der Waals surface area contributed by atoms with Gasteiger partial charge in [0.25, 0.3) is 0 Å². The van der Waals surface area contributed by atoms with Crippen LogP contribution in [0.25, 0.3) is 0 Å². The van der Waals surface area contributed by atoms with Gasteiger partial charge in [-0.15, -0.1) is 0 Å². The Hall–Kier alpha value is -2.04. The number of hydrogen-bond donors (Lipinski definition) is 2. The Kier molecular flexibility index (Phi) is 6.56. The van der Waals surface area contributed by atoms with Crippen LogP contribution in [0.4, 0.5) is 4.79 Å². The number of benzene rings is 1. The number of carbonyl (C=O) groups excluding carboxylic acids is 2. The molecule has 0 aliphatic heterocycles. The van der Waals surface area contributed by atoms with E-state index >= 15 is 0 Å². The molecule has 20 heavy (non-hydrogen) atoms. The van der Waals surface area contributed by atoms with Crippen molar-refractivity contribution in [1.82, 2.24) is 10.6 Å². The molecule has 0 bridgehead atoms. The maximum Gasteiger partial charge on any atom is 0.408 e. The average Bonchev–Trinajstić information content (AvgIpc) is 2.45. The van der Waals surface area contributed by atoms with E-state index < -0.39 is 12.1 Å². The first-order chi connectivity index (χ1) is 9.52. The van der Waals surface area contributed by atoms with Gasteiger partial charge in [-0.1, -0.05) is 37.3 Å². The molecule has 0 fully saturated rings. The van der Waals surface area contributed by atoms with Crippen molar-refractivity contribution in [3.8, 4) is 0 Å². The van der Waals surface area contributed by atoms with Crippen LogP contribution < -0.4 is 10.6 Å². The average molecular weight is 278 g/mol. The quantitative estimate of drug-likeness (QED) is 0.838. The number of hydrogen-bond acceptors (Lipinski definition) is 3. The summed E-state index contributed by atoms with van der Waals surface area (Å²) in [6, 6.07) is 8.85. The smallest absolute Gasteiger partial charge is 0.408 e. The number of amides is 2. The van der Waals surface area contributed by atoms with Gasteiger partial charge in [0.15, 0.2) is 0 Å². The SMILES string of the molecule is CCC(C)NC(=O)C(C)NC(=O)OCc1ccccc1. The lowest BCUT2D eigenvalue weighted by molar-refractivity contribution is -0.123. The van der Waals surface area contributed by atoms with E-state index in [2.05, 4.69) is 10.6 Å². The lowest BCUT2D eigenvalue weighted by Gasteiger charge is -2.17. The molecule has 0 radical (unpaired) electrons. The van der Waals surface area contributed by atoms with Gasteiger partial charge in [-0.25, -0.2) is 4.79 Å². The normalized spacial score (nSPS) is 13.2. The molecule has 1 aromatic rings. The van der Waals surface area contributed by atoms with Gasteiger partial charge in [0.2, 0.25) is 5.91 Å². The largest absolute Gasteiger partial charge is 0.445 e. The predicted molar refractivity (Wildman–Crippen MR) is 77.1 cm³/mol. The summed E-state index contributed by atoms with van der Waals surface area (Å²) in [6.07, 6.45) is 0.248. The minimum absolute atomic E-state index is 0.0899. The van der Waals surface area contributed by atoms with Crippen molar-refractivity contribution in [2.45, 2.75) is 45.9 Å². The second kappa shape index (κ2) is 8.19. The van der Waals surface area contributed by atoms with Gasteiger partial charge in [-0.05, 0) is 25.8 Å². The topological polar surface area (TPSA) is 67.4 Å². The summed E-state index contributed by atoms with van der Waals surface area (Å²) in [4.78, 5) is 23.3. The highest BCUT2D eigenvalue weighted by Crippen LogP contribution is 2.00. The molecule has 0 aliphatic rings. The minimum atomic E-state index is -0.618. The lowest BCUT2D eigenvalue weighted by Crippen LogP contribution is -2.47. The zero-order valence-corrected chi connectivity index (χ0v) is 12.2. The monoisotopic (exact) mass is 278 g/mol. The van der Waals surface area contributed by atoms with E-state index in [1.165, 1.54) is 0 Å². The third kappa shape index (κ3) is 5.73. The van der Waals surface area contributed by atoms with Crippen molar-refractivity contribution in [3.63, 3.8) is 0 Å². The summed E-state index contributed by atoms with van der Waals surface area (Å²) in [6.45, 7) is 5.71. The molecule has 2 amide bonds. The van der Waals surface area contributed by atoms with Crippen LogP contribution in [-0.2, 0) is 16.1 Å². The van der Waals surface area contributed by atoms with Crippen molar-refractivity contribution < 1.29 is 14.3 Å². The first kappa shape index (κ1) is 16.0. The molecule has 110 valence electrons.